The summed E-state index contributed by atoms with van der Waals surface area (Å²) >= 11 is 3.32. The Morgan fingerprint density at radius 3 is 2.36 bits per heavy atom. The van der Waals surface area contributed by atoms with E-state index >= 15 is 0 Å². The third-order valence-corrected chi connectivity index (χ3v) is 4.11. The fourth-order valence-corrected chi connectivity index (χ4v) is 3.10. The summed E-state index contributed by atoms with van der Waals surface area (Å²) in [7, 11) is 0. The Labute approximate surface area is 139 Å². The van der Waals surface area contributed by atoms with Gasteiger partial charge in [-0.25, -0.2) is 14.8 Å². The van der Waals surface area contributed by atoms with Gasteiger partial charge >= 0.3 is 6.09 Å². The minimum absolute atomic E-state index is 0.0982. The van der Waals surface area contributed by atoms with Crippen molar-refractivity contribution < 1.29 is 9.53 Å². The molecule has 0 aromatic carbocycles. The van der Waals surface area contributed by atoms with E-state index in [0.29, 0.717) is 5.95 Å². The lowest BCUT2D eigenvalue weighted by molar-refractivity contribution is 0.0357. The smallest absolute Gasteiger partial charge is 0.410 e. The van der Waals surface area contributed by atoms with Gasteiger partial charge < -0.3 is 15.0 Å². The van der Waals surface area contributed by atoms with E-state index in [2.05, 4.69) is 31.2 Å². The maximum atomic E-state index is 12.2. The van der Waals surface area contributed by atoms with Gasteiger partial charge in [-0.3, -0.25) is 0 Å². The number of hydrogen-bond acceptors (Lipinski definition) is 5. The Hall–Kier alpha value is -1.37. The van der Waals surface area contributed by atoms with E-state index in [-0.39, 0.29) is 30.3 Å². The number of anilines is 1. The van der Waals surface area contributed by atoms with E-state index in [1.54, 1.807) is 12.4 Å². The maximum absolute atomic E-state index is 12.2. The van der Waals surface area contributed by atoms with Gasteiger partial charge in [-0.1, -0.05) is 0 Å². The third-order valence-electron chi connectivity index (χ3n) is 3.70. The molecule has 2 rings (SSSR count). The van der Waals surface area contributed by atoms with Gasteiger partial charge in [0.15, 0.2) is 0 Å². The molecule has 1 aliphatic rings. The Kier molecular flexibility index (Phi) is 5.61. The molecule has 0 bridgehead atoms. The summed E-state index contributed by atoms with van der Waals surface area (Å²) < 4.78 is 6.19. The van der Waals surface area contributed by atoms with Crippen molar-refractivity contribution in [3.63, 3.8) is 0 Å². The molecule has 0 saturated carbocycles. The van der Waals surface area contributed by atoms with Crippen LogP contribution in [-0.2, 0) is 4.74 Å². The molecule has 6 nitrogen and oxygen atoms in total. The number of nitrogens with zero attached hydrogens (tertiary/aromatic N) is 3. The fourth-order valence-electron chi connectivity index (χ4n) is 2.89. The van der Waals surface area contributed by atoms with Crippen LogP contribution in [-0.4, -0.2) is 45.2 Å². The van der Waals surface area contributed by atoms with Gasteiger partial charge in [0, 0.05) is 30.5 Å². The summed E-state index contributed by atoms with van der Waals surface area (Å²) in [5.41, 5.74) is 0. The molecule has 0 spiro atoms. The molecule has 3 atom stereocenters. The molecule has 1 amide bonds. The van der Waals surface area contributed by atoms with Crippen LogP contribution in [0.15, 0.2) is 16.9 Å². The molecule has 0 radical (unpaired) electrons. The fraction of sp³-hybridized carbons (Fsp3) is 0.667. The SMILES string of the molecule is CC(C)OC(=O)N1[C@H](C)CC(Nc2ncc(Br)cn2)C[C@@H]1C. The summed E-state index contributed by atoms with van der Waals surface area (Å²) in [6, 6.07) is 0.472. The molecule has 1 unspecified atom stereocenters. The number of likely N-dealkylation sites (tertiary alicyclic amines) is 1. The van der Waals surface area contributed by atoms with E-state index < -0.39 is 0 Å². The molecule has 2 heterocycles. The van der Waals surface area contributed by atoms with Gasteiger partial charge in [0.1, 0.15) is 0 Å². The standard InChI is InChI=1S/C15H23BrN4O2/c1-9(2)22-15(21)20-10(3)5-13(6-11(20)4)19-14-17-7-12(16)8-18-14/h7-11,13H,5-6H2,1-4H3,(H,17,18,19)/t10-,11+,13?. The van der Waals surface area contributed by atoms with Crippen LogP contribution < -0.4 is 5.32 Å². The Bertz CT molecular complexity index is 497. The molecule has 122 valence electrons. The van der Waals surface area contributed by atoms with Gasteiger partial charge in [-0.15, -0.1) is 0 Å². The zero-order valence-electron chi connectivity index (χ0n) is 13.4. The quantitative estimate of drug-likeness (QED) is 0.882. The first kappa shape index (κ1) is 17.0. The highest BCUT2D eigenvalue weighted by Gasteiger charge is 2.35. The highest BCUT2D eigenvalue weighted by Crippen LogP contribution is 2.26. The van der Waals surface area contributed by atoms with Gasteiger partial charge in [0.2, 0.25) is 5.95 Å². The predicted molar refractivity (Wildman–Crippen MR) is 88.8 cm³/mol. The summed E-state index contributed by atoms with van der Waals surface area (Å²) in [6.45, 7) is 7.83. The first-order valence-corrected chi connectivity index (χ1v) is 8.39. The topological polar surface area (TPSA) is 67.3 Å². The van der Waals surface area contributed by atoms with E-state index in [1.165, 1.54) is 0 Å². The lowest BCUT2D eigenvalue weighted by atomic mass is 9.93. The van der Waals surface area contributed by atoms with E-state index in [4.69, 9.17) is 4.74 Å². The number of hydrogen-bond donors (Lipinski definition) is 1. The molecule has 22 heavy (non-hydrogen) atoms. The second-order valence-electron chi connectivity index (χ2n) is 6.08. The zero-order chi connectivity index (χ0) is 16.3. The Morgan fingerprint density at radius 1 is 1.32 bits per heavy atom. The number of amides is 1. The Balaban J connectivity index is 1.97. The average molecular weight is 371 g/mol. The number of rotatable bonds is 3. The summed E-state index contributed by atoms with van der Waals surface area (Å²) in [6.07, 6.45) is 4.80. The molecule has 1 N–H and O–H groups in total. The maximum Gasteiger partial charge on any atom is 0.410 e. The van der Waals surface area contributed by atoms with Crippen molar-refractivity contribution in [2.75, 3.05) is 5.32 Å². The Morgan fingerprint density at radius 2 is 1.86 bits per heavy atom. The molecule has 0 aliphatic carbocycles. The summed E-state index contributed by atoms with van der Waals surface area (Å²) in [4.78, 5) is 22.5. The molecule has 1 aromatic heterocycles. The lowest BCUT2D eigenvalue weighted by Crippen LogP contribution is -2.53. The number of nitrogens with one attached hydrogen (secondary N) is 1. The third kappa shape index (κ3) is 4.32. The van der Waals surface area contributed by atoms with Gasteiger partial charge in [0.25, 0.3) is 0 Å². The monoisotopic (exact) mass is 370 g/mol. The predicted octanol–water partition coefficient (Wildman–Crippen LogP) is 3.44. The van der Waals surface area contributed by atoms with Crippen molar-refractivity contribution in [3.05, 3.63) is 16.9 Å². The molecular formula is C15H23BrN4O2. The van der Waals surface area contributed by atoms with Crippen molar-refractivity contribution in [1.29, 1.82) is 0 Å². The summed E-state index contributed by atoms with van der Waals surface area (Å²) in [5, 5.41) is 3.35. The van der Waals surface area contributed by atoms with Crippen LogP contribution in [0.4, 0.5) is 10.7 Å². The number of carbonyl (C=O) groups excluding carboxylic acids is 1. The van der Waals surface area contributed by atoms with Gasteiger partial charge in [-0.05, 0) is 56.5 Å². The number of aromatic nitrogens is 2. The normalized spacial score (nSPS) is 25.2. The number of halogens is 1. The highest BCUT2D eigenvalue weighted by atomic mass is 79.9. The highest BCUT2D eigenvalue weighted by molar-refractivity contribution is 9.10. The summed E-state index contributed by atoms with van der Waals surface area (Å²) in [5.74, 6) is 0.616. The number of carbonyl (C=O) groups is 1. The molecule has 1 fully saturated rings. The minimum Gasteiger partial charge on any atom is -0.447 e. The van der Waals surface area contributed by atoms with Crippen LogP contribution in [0, 0.1) is 0 Å². The van der Waals surface area contributed by atoms with Crippen LogP contribution in [0.2, 0.25) is 0 Å². The van der Waals surface area contributed by atoms with Crippen LogP contribution >= 0.6 is 15.9 Å². The molecule has 1 aromatic rings. The first-order valence-electron chi connectivity index (χ1n) is 7.59. The molecular weight excluding hydrogens is 348 g/mol. The van der Waals surface area contributed by atoms with E-state index in [1.807, 2.05) is 32.6 Å². The van der Waals surface area contributed by atoms with Crippen LogP contribution in [0.5, 0.6) is 0 Å². The van der Waals surface area contributed by atoms with Crippen molar-refractivity contribution >= 4 is 28.0 Å². The van der Waals surface area contributed by atoms with E-state index in [9.17, 15) is 4.79 Å². The molecule has 1 aliphatic heterocycles. The van der Waals surface area contributed by atoms with Crippen LogP contribution in [0.3, 0.4) is 0 Å². The average Bonchev–Trinajstić information content (AvgIpc) is 2.39. The van der Waals surface area contributed by atoms with Crippen molar-refractivity contribution in [1.82, 2.24) is 14.9 Å². The van der Waals surface area contributed by atoms with E-state index in [0.717, 1.165) is 17.3 Å². The second-order valence-corrected chi connectivity index (χ2v) is 6.99. The first-order chi connectivity index (χ1) is 10.4. The minimum atomic E-state index is -0.228. The zero-order valence-corrected chi connectivity index (χ0v) is 15.0. The lowest BCUT2D eigenvalue weighted by Gasteiger charge is -2.42. The van der Waals surface area contributed by atoms with Crippen LogP contribution in [0.1, 0.15) is 40.5 Å². The van der Waals surface area contributed by atoms with Crippen molar-refractivity contribution in [2.24, 2.45) is 0 Å². The van der Waals surface area contributed by atoms with Crippen molar-refractivity contribution in [3.8, 4) is 0 Å². The number of ether oxygens (including phenoxy) is 1. The largest absolute Gasteiger partial charge is 0.447 e. The second kappa shape index (κ2) is 7.26. The van der Waals surface area contributed by atoms with Crippen LogP contribution in [0.25, 0.3) is 0 Å². The van der Waals surface area contributed by atoms with Crippen molar-refractivity contribution in [2.45, 2.75) is 64.8 Å². The van der Waals surface area contributed by atoms with Gasteiger partial charge in [0.05, 0.1) is 10.6 Å². The van der Waals surface area contributed by atoms with Gasteiger partial charge in [-0.2, -0.15) is 0 Å². The molecule has 7 heteroatoms. The number of piperidine rings is 1. The molecule has 1 saturated heterocycles.